The SMILES string of the molecule is CCN1C(=O)C(=CC=C2Sc3cc(C)ccc3N2CC)SC1=S. The van der Waals surface area contributed by atoms with Crippen molar-refractivity contribution in [2.75, 3.05) is 18.0 Å². The molecule has 0 saturated carbocycles. The van der Waals surface area contributed by atoms with Crippen molar-refractivity contribution >= 4 is 51.7 Å². The molecular formula is C17H18N2OS3. The summed E-state index contributed by atoms with van der Waals surface area (Å²) in [5, 5.41) is 1.15. The van der Waals surface area contributed by atoms with Crippen LogP contribution in [-0.4, -0.2) is 28.2 Å². The standard InChI is InChI=1S/C17H18N2OS3/c1-4-18-12-7-6-11(3)10-14(12)22-15(18)9-8-13-16(20)19(5-2)17(21)23-13/h6-10H,4-5H2,1-3H3. The van der Waals surface area contributed by atoms with Crippen LogP contribution in [0.25, 0.3) is 0 Å². The summed E-state index contributed by atoms with van der Waals surface area (Å²) in [7, 11) is 0. The first-order chi connectivity index (χ1) is 11.0. The van der Waals surface area contributed by atoms with Crippen LogP contribution < -0.4 is 4.90 Å². The Bertz CT molecular complexity index is 739. The van der Waals surface area contributed by atoms with E-state index in [0.29, 0.717) is 15.8 Å². The second-order valence-electron chi connectivity index (χ2n) is 5.27. The maximum absolute atomic E-state index is 12.3. The fourth-order valence-electron chi connectivity index (χ4n) is 2.60. The Morgan fingerprint density at radius 1 is 1.13 bits per heavy atom. The maximum atomic E-state index is 12.3. The molecule has 3 rings (SSSR count). The van der Waals surface area contributed by atoms with Crippen LogP contribution in [0.15, 0.2) is 45.2 Å². The largest absolute Gasteiger partial charge is 0.335 e. The number of hydrogen-bond donors (Lipinski definition) is 0. The average Bonchev–Trinajstić information content (AvgIpc) is 3.01. The lowest BCUT2D eigenvalue weighted by molar-refractivity contribution is -0.122. The van der Waals surface area contributed by atoms with E-state index >= 15 is 0 Å². The van der Waals surface area contributed by atoms with Crippen molar-refractivity contribution < 1.29 is 4.79 Å². The monoisotopic (exact) mass is 362 g/mol. The highest BCUT2D eigenvalue weighted by Crippen LogP contribution is 2.46. The van der Waals surface area contributed by atoms with Crippen LogP contribution in [0.3, 0.4) is 0 Å². The van der Waals surface area contributed by atoms with Gasteiger partial charge >= 0.3 is 0 Å². The Kier molecular flexibility index (Phi) is 4.85. The summed E-state index contributed by atoms with van der Waals surface area (Å²) >= 11 is 8.38. The highest BCUT2D eigenvalue weighted by atomic mass is 32.2. The van der Waals surface area contributed by atoms with Crippen LogP contribution in [0, 0.1) is 6.92 Å². The van der Waals surface area contributed by atoms with Gasteiger partial charge in [0.05, 0.1) is 15.6 Å². The normalized spacial score (nSPS) is 21.0. The van der Waals surface area contributed by atoms with Crippen LogP contribution in [0.2, 0.25) is 0 Å². The Hall–Kier alpha value is -1.24. The van der Waals surface area contributed by atoms with Crippen molar-refractivity contribution in [3.63, 3.8) is 0 Å². The molecule has 120 valence electrons. The molecule has 3 nitrogen and oxygen atoms in total. The number of rotatable bonds is 3. The van der Waals surface area contributed by atoms with Gasteiger partial charge < -0.3 is 4.90 Å². The minimum Gasteiger partial charge on any atom is -0.335 e. The second-order valence-corrected chi connectivity index (χ2v) is 8.01. The van der Waals surface area contributed by atoms with Crippen molar-refractivity contribution in [2.45, 2.75) is 25.7 Å². The van der Waals surface area contributed by atoms with Crippen molar-refractivity contribution in [3.05, 3.63) is 45.8 Å². The number of fused-ring (bicyclic) bond motifs is 1. The minimum atomic E-state index is 0.0127. The number of hydrogen-bond acceptors (Lipinski definition) is 5. The molecule has 0 aromatic heterocycles. The number of allylic oxidation sites excluding steroid dienone is 2. The summed E-state index contributed by atoms with van der Waals surface area (Å²) in [6, 6.07) is 6.51. The third-order valence-electron chi connectivity index (χ3n) is 3.77. The molecule has 23 heavy (non-hydrogen) atoms. The third kappa shape index (κ3) is 3.07. The summed E-state index contributed by atoms with van der Waals surface area (Å²) in [5.74, 6) is 0.0127. The van der Waals surface area contributed by atoms with E-state index in [1.54, 1.807) is 16.7 Å². The molecule has 1 amide bonds. The van der Waals surface area contributed by atoms with Crippen molar-refractivity contribution in [3.8, 4) is 0 Å². The topological polar surface area (TPSA) is 23.6 Å². The first-order valence-electron chi connectivity index (χ1n) is 7.56. The molecule has 2 aliphatic rings. The Morgan fingerprint density at radius 3 is 2.52 bits per heavy atom. The number of likely N-dealkylation sites (N-methyl/N-ethyl adjacent to an activating group) is 1. The molecule has 0 spiro atoms. The predicted molar refractivity (Wildman–Crippen MR) is 104 cm³/mol. The van der Waals surface area contributed by atoms with E-state index in [4.69, 9.17) is 12.2 Å². The number of nitrogens with zero attached hydrogens (tertiary/aromatic N) is 2. The summed E-state index contributed by atoms with van der Waals surface area (Å²) in [6.45, 7) is 7.71. The molecule has 1 aromatic carbocycles. The van der Waals surface area contributed by atoms with Crippen LogP contribution in [0.4, 0.5) is 5.69 Å². The van der Waals surface area contributed by atoms with Gasteiger partial charge in [-0.15, -0.1) is 0 Å². The first kappa shape index (κ1) is 16.6. The highest BCUT2D eigenvalue weighted by Gasteiger charge is 2.30. The number of carbonyl (C=O) groups is 1. The van der Waals surface area contributed by atoms with E-state index in [2.05, 4.69) is 36.9 Å². The molecule has 0 atom stereocenters. The molecule has 0 N–H and O–H groups in total. The highest BCUT2D eigenvalue weighted by molar-refractivity contribution is 8.26. The van der Waals surface area contributed by atoms with Crippen molar-refractivity contribution in [2.24, 2.45) is 0 Å². The van der Waals surface area contributed by atoms with E-state index in [9.17, 15) is 4.79 Å². The number of amides is 1. The second kappa shape index (κ2) is 6.71. The van der Waals surface area contributed by atoms with Gasteiger partial charge in [-0.1, -0.05) is 41.8 Å². The number of aryl methyl sites for hydroxylation is 1. The lowest BCUT2D eigenvalue weighted by Gasteiger charge is -2.17. The van der Waals surface area contributed by atoms with Crippen LogP contribution in [-0.2, 0) is 4.79 Å². The molecule has 2 heterocycles. The van der Waals surface area contributed by atoms with Gasteiger partial charge in [-0.2, -0.15) is 0 Å². The van der Waals surface area contributed by atoms with E-state index < -0.39 is 0 Å². The fraction of sp³-hybridized carbons (Fsp3) is 0.294. The fourth-order valence-corrected chi connectivity index (χ4v) is 5.15. The lowest BCUT2D eigenvalue weighted by Crippen LogP contribution is -2.27. The predicted octanol–water partition coefficient (Wildman–Crippen LogP) is 4.53. The molecule has 6 heteroatoms. The number of thiocarbonyl (C=S) groups is 1. The van der Waals surface area contributed by atoms with Gasteiger partial charge in [0.15, 0.2) is 0 Å². The van der Waals surface area contributed by atoms with Gasteiger partial charge in [0.2, 0.25) is 0 Å². The number of thioether (sulfide) groups is 2. The van der Waals surface area contributed by atoms with Gasteiger partial charge in [-0.3, -0.25) is 9.69 Å². The number of benzene rings is 1. The molecular weight excluding hydrogens is 344 g/mol. The van der Waals surface area contributed by atoms with Crippen molar-refractivity contribution in [1.82, 2.24) is 4.90 Å². The van der Waals surface area contributed by atoms with E-state index in [-0.39, 0.29) is 5.91 Å². The molecule has 0 radical (unpaired) electrons. The Morgan fingerprint density at radius 2 is 1.87 bits per heavy atom. The molecule has 1 aromatic rings. The molecule has 1 saturated heterocycles. The van der Waals surface area contributed by atoms with Crippen molar-refractivity contribution in [1.29, 1.82) is 0 Å². The zero-order chi connectivity index (χ0) is 16.6. The number of carbonyl (C=O) groups excluding carboxylic acids is 1. The number of anilines is 1. The van der Waals surface area contributed by atoms with E-state index in [1.165, 1.54) is 27.9 Å². The van der Waals surface area contributed by atoms with E-state index in [1.807, 2.05) is 19.1 Å². The third-order valence-corrected chi connectivity index (χ3v) is 6.28. The Balaban J connectivity index is 1.88. The van der Waals surface area contributed by atoms with Crippen LogP contribution in [0.5, 0.6) is 0 Å². The summed E-state index contributed by atoms with van der Waals surface area (Å²) in [5.41, 5.74) is 2.50. The van der Waals surface area contributed by atoms with Gasteiger partial charge in [0, 0.05) is 18.0 Å². The quantitative estimate of drug-likeness (QED) is 0.581. The molecule has 2 aliphatic heterocycles. The van der Waals surface area contributed by atoms with E-state index in [0.717, 1.165) is 11.6 Å². The average molecular weight is 363 g/mol. The van der Waals surface area contributed by atoms with Crippen LogP contribution in [0.1, 0.15) is 19.4 Å². The summed E-state index contributed by atoms with van der Waals surface area (Å²) in [6.07, 6.45) is 3.93. The molecule has 0 bridgehead atoms. The molecule has 1 fully saturated rings. The zero-order valence-corrected chi connectivity index (χ0v) is 15.8. The van der Waals surface area contributed by atoms with Gasteiger partial charge in [-0.05, 0) is 50.6 Å². The smallest absolute Gasteiger partial charge is 0.266 e. The molecule has 0 aliphatic carbocycles. The van der Waals surface area contributed by atoms with Crippen LogP contribution >= 0.6 is 35.7 Å². The molecule has 0 unspecified atom stereocenters. The maximum Gasteiger partial charge on any atom is 0.266 e. The lowest BCUT2D eigenvalue weighted by atomic mass is 10.2. The minimum absolute atomic E-state index is 0.0127. The van der Waals surface area contributed by atoms with Gasteiger partial charge in [0.25, 0.3) is 5.91 Å². The van der Waals surface area contributed by atoms with Gasteiger partial charge in [-0.25, -0.2) is 0 Å². The Labute approximate surface area is 150 Å². The summed E-state index contributed by atoms with van der Waals surface area (Å²) in [4.78, 5) is 18.2. The van der Waals surface area contributed by atoms with Gasteiger partial charge in [0.1, 0.15) is 4.32 Å². The summed E-state index contributed by atoms with van der Waals surface area (Å²) < 4.78 is 0.646. The first-order valence-corrected chi connectivity index (χ1v) is 9.61. The zero-order valence-electron chi connectivity index (χ0n) is 13.3.